The quantitative estimate of drug-likeness (QED) is 0.580. The molecule has 1 unspecified atom stereocenters. The number of rotatable bonds is 9. The van der Waals surface area contributed by atoms with Crippen molar-refractivity contribution < 1.29 is 4.79 Å². The summed E-state index contributed by atoms with van der Waals surface area (Å²) in [5.41, 5.74) is 5.58. The summed E-state index contributed by atoms with van der Waals surface area (Å²) in [6, 6.07) is 0.166. The second-order valence-electron chi connectivity index (χ2n) is 4.22. The lowest BCUT2D eigenvalue weighted by molar-refractivity contribution is -0.119. The second kappa shape index (κ2) is 9.20. The van der Waals surface area contributed by atoms with Crippen molar-refractivity contribution in [3.05, 3.63) is 0 Å². The minimum absolute atomic E-state index is 0.166. The molecule has 0 aliphatic carbocycles. The number of Topliss-reactive ketones (excluding diaryl/α,β-unsaturated/α-hetero) is 1. The van der Waals surface area contributed by atoms with Crippen LogP contribution in [0.1, 0.15) is 65.2 Å². The molecule has 0 bridgehead atoms. The fourth-order valence-electron chi connectivity index (χ4n) is 1.44. The van der Waals surface area contributed by atoms with Gasteiger partial charge in [-0.2, -0.15) is 0 Å². The molecule has 0 rings (SSSR count). The fourth-order valence-corrected chi connectivity index (χ4v) is 1.44. The molecule has 0 aromatic rings. The zero-order valence-corrected chi connectivity index (χ0v) is 9.72. The smallest absolute Gasteiger partial charge is 0.132 e. The van der Waals surface area contributed by atoms with Crippen molar-refractivity contribution in [3.8, 4) is 0 Å². The van der Waals surface area contributed by atoms with E-state index in [0.717, 1.165) is 19.3 Å². The summed E-state index contributed by atoms with van der Waals surface area (Å²) < 4.78 is 0. The van der Waals surface area contributed by atoms with Gasteiger partial charge in [-0.25, -0.2) is 0 Å². The summed E-state index contributed by atoms with van der Waals surface area (Å²) in [6.45, 7) is 4.16. The third-order valence-corrected chi connectivity index (χ3v) is 2.44. The standard InChI is InChI=1S/C12H25NO/c1-3-4-5-6-7-8-12(14)10-9-11(2)13/h11H,3-10,13H2,1-2H3. The third-order valence-electron chi connectivity index (χ3n) is 2.44. The Morgan fingerprint density at radius 2 is 1.79 bits per heavy atom. The molecule has 0 aliphatic heterocycles. The summed E-state index contributed by atoms with van der Waals surface area (Å²) in [5.74, 6) is 0.388. The van der Waals surface area contributed by atoms with E-state index in [1.165, 1.54) is 25.7 Å². The normalized spacial score (nSPS) is 12.8. The lowest BCUT2D eigenvalue weighted by Gasteiger charge is -2.03. The molecule has 0 amide bonds. The molecule has 0 spiro atoms. The van der Waals surface area contributed by atoms with E-state index in [-0.39, 0.29) is 6.04 Å². The van der Waals surface area contributed by atoms with Crippen LogP contribution in [-0.4, -0.2) is 11.8 Å². The van der Waals surface area contributed by atoms with Crippen LogP contribution < -0.4 is 5.73 Å². The van der Waals surface area contributed by atoms with Gasteiger partial charge in [0.1, 0.15) is 5.78 Å². The van der Waals surface area contributed by atoms with E-state index >= 15 is 0 Å². The Bertz CT molecular complexity index is 143. The Balaban J connectivity index is 3.18. The van der Waals surface area contributed by atoms with E-state index in [0.29, 0.717) is 12.2 Å². The second-order valence-corrected chi connectivity index (χ2v) is 4.22. The molecule has 0 aliphatic rings. The number of unbranched alkanes of at least 4 members (excludes halogenated alkanes) is 4. The largest absolute Gasteiger partial charge is 0.328 e. The van der Waals surface area contributed by atoms with E-state index in [4.69, 9.17) is 5.73 Å². The monoisotopic (exact) mass is 199 g/mol. The van der Waals surface area contributed by atoms with Crippen LogP contribution in [0.15, 0.2) is 0 Å². The minimum Gasteiger partial charge on any atom is -0.328 e. The maximum atomic E-state index is 11.3. The zero-order chi connectivity index (χ0) is 10.8. The van der Waals surface area contributed by atoms with E-state index in [1.54, 1.807) is 0 Å². The summed E-state index contributed by atoms with van der Waals surface area (Å²) in [5, 5.41) is 0. The molecule has 84 valence electrons. The van der Waals surface area contributed by atoms with Crippen LogP contribution in [0, 0.1) is 0 Å². The van der Waals surface area contributed by atoms with Gasteiger partial charge in [-0.15, -0.1) is 0 Å². The predicted octanol–water partition coefficient (Wildman–Crippen LogP) is 3.04. The number of nitrogens with two attached hydrogens (primary N) is 1. The van der Waals surface area contributed by atoms with Gasteiger partial charge < -0.3 is 5.73 Å². The molecule has 1 atom stereocenters. The topological polar surface area (TPSA) is 43.1 Å². The van der Waals surface area contributed by atoms with Gasteiger partial charge in [-0.05, 0) is 19.8 Å². The molecule has 0 aromatic carbocycles. The van der Waals surface area contributed by atoms with E-state index in [1.807, 2.05) is 6.92 Å². The highest BCUT2D eigenvalue weighted by Crippen LogP contribution is 2.07. The Morgan fingerprint density at radius 1 is 1.14 bits per heavy atom. The third kappa shape index (κ3) is 9.72. The Hall–Kier alpha value is -0.370. The van der Waals surface area contributed by atoms with Crippen LogP contribution in [-0.2, 0) is 4.79 Å². The lowest BCUT2D eigenvalue weighted by Crippen LogP contribution is -2.16. The molecule has 2 N–H and O–H groups in total. The van der Waals surface area contributed by atoms with Crippen molar-refractivity contribution >= 4 is 5.78 Å². The average Bonchev–Trinajstić information content (AvgIpc) is 2.14. The van der Waals surface area contributed by atoms with Crippen molar-refractivity contribution in [2.24, 2.45) is 5.73 Å². The van der Waals surface area contributed by atoms with Crippen LogP contribution in [0.2, 0.25) is 0 Å². The Labute approximate surface area is 88.3 Å². The Kier molecular flexibility index (Phi) is 8.95. The van der Waals surface area contributed by atoms with Crippen LogP contribution in [0.4, 0.5) is 0 Å². The first-order valence-corrected chi connectivity index (χ1v) is 5.94. The zero-order valence-electron chi connectivity index (χ0n) is 9.72. The van der Waals surface area contributed by atoms with Gasteiger partial charge in [0.2, 0.25) is 0 Å². The van der Waals surface area contributed by atoms with E-state index < -0.39 is 0 Å². The summed E-state index contributed by atoms with van der Waals surface area (Å²) in [4.78, 5) is 11.3. The lowest BCUT2D eigenvalue weighted by atomic mass is 10.0. The molecular formula is C12H25NO. The van der Waals surface area contributed by atoms with Gasteiger partial charge in [0, 0.05) is 18.9 Å². The summed E-state index contributed by atoms with van der Waals surface area (Å²) >= 11 is 0. The maximum absolute atomic E-state index is 11.3. The molecule has 0 saturated heterocycles. The van der Waals surface area contributed by atoms with Crippen molar-refractivity contribution in [1.82, 2.24) is 0 Å². The van der Waals surface area contributed by atoms with Crippen LogP contribution in [0.25, 0.3) is 0 Å². The number of hydrogen-bond acceptors (Lipinski definition) is 2. The first kappa shape index (κ1) is 13.6. The summed E-state index contributed by atoms with van der Waals surface area (Å²) in [6.07, 6.45) is 8.38. The van der Waals surface area contributed by atoms with Gasteiger partial charge in [-0.1, -0.05) is 32.6 Å². The highest BCUT2D eigenvalue weighted by Gasteiger charge is 2.03. The molecule has 14 heavy (non-hydrogen) atoms. The van der Waals surface area contributed by atoms with Gasteiger partial charge >= 0.3 is 0 Å². The molecule has 2 nitrogen and oxygen atoms in total. The molecule has 0 aromatic heterocycles. The van der Waals surface area contributed by atoms with Crippen LogP contribution >= 0.6 is 0 Å². The van der Waals surface area contributed by atoms with E-state index in [9.17, 15) is 4.79 Å². The van der Waals surface area contributed by atoms with Crippen molar-refractivity contribution in [2.45, 2.75) is 71.3 Å². The average molecular weight is 199 g/mol. The van der Waals surface area contributed by atoms with Crippen LogP contribution in [0.3, 0.4) is 0 Å². The van der Waals surface area contributed by atoms with Gasteiger partial charge in [0.05, 0.1) is 0 Å². The fraction of sp³-hybridized carbons (Fsp3) is 0.917. The SMILES string of the molecule is CCCCCCCC(=O)CCC(C)N. The molecule has 0 radical (unpaired) electrons. The number of carbonyl (C=O) groups is 1. The minimum atomic E-state index is 0.166. The maximum Gasteiger partial charge on any atom is 0.132 e. The highest BCUT2D eigenvalue weighted by atomic mass is 16.1. The van der Waals surface area contributed by atoms with Crippen molar-refractivity contribution in [1.29, 1.82) is 0 Å². The van der Waals surface area contributed by atoms with Gasteiger partial charge in [0.15, 0.2) is 0 Å². The number of carbonyl (C=O) groups excluding carboxylic acids is 1. The molecule has 0 heterocycles. The molecule has 0 saturated carbocycles. The number of hydrogen-bond donors (Lipinski definition) is 1. The van der Waals surface area contributed by atoms with Gasteiger partial charge in [0.25, 0.3) is 0 Å². The first-order valence-electron chi connectivity index (χ1n) is 5.94. The van der Waals surface area contributed by atoms with Gasteiger partial charge in [-0.3, -0.25) is 4.79 Å². The highest BCUT2D eigenvalue weighted by molar-refractivity contribution is 5.78. The van der Waals surface area contributed by atoms with E-state index in [2.05, 4.69) is 6.92 Å². The number of ketones is 1. The van der Waals surface area contributed by atoms with Crippen molar-refractivity contribution in [3.63, 3.8) is 0 Å². The molecule has 2 heteroatoms. The summed E-state index contributed by atoms with van der Waals surface area (Å²) in [7, 11) is 0. The molecular weight excluding hydrogens is 174 g/mol. The first-order chi connectivity index (χ1) is 6.66. The molecule has 0 fully saturated rings. The van der Waals surface area contributed by atoms with Crippen molar-refractivity contribution in [2.75, 3.05) is 0 Å². The Morgan fingerprint density at radius 3 is 2.36 bits per heavy atom. The predicted molar refractivity (Wildman–Crippen MR) is 61.3 cm³/mol. The van der Waals surface area contributed by atoms with Crippen LogP contribution in [0.5, 0.6) is 0 Å².